The Bertz CT molecular complexity index is 515. The summed E-state index contributed by atoms with van der Waals surface area (Å²) in [5, 5.41) is 9.14. The molecule has 116 valence electrons. The summed E-state index contributed by atoms with van der Waals surface area (Å²) in [4.78, 5) is 4.67. The van der Waals surface area contributed by atoms with Crippen molar-refractivity contribution in [2.75, 3.05) is 46.9 Å². The molecular formula is C16H26N4O. The zero-order valence-electron chi connectivity index (χ0n) is 13.6. The second-order valence-electron chi connectivity index (χ2n) is 6.25. The van der Waals surface area contributed by atoms with E-state index in [4.69, 9.17) is 10.00 Å². The van der Waals surface area contributed by atoms with Crippen LogP contribution in [0.3, 0.4) is 0 Å². The Morgan fingerprint density at radius 3 is 2.86 bits per heavy atom. The zero-order chi connectivity index (χ0) is 15.4. The van der Waals surface area contributed by atoms with Gasteiger partial charge in [0.1, 0.15) is 11.8 Å². The summed E-state index contributed by atoms with van der Waals surface area (Å²) >= 11 is 0. The van der Waals surface area contributed by atoms with Crippen LogP contribution in [-0.4, -0.2) is 61.3 Å². The van der Waals surface area contributed by atoms with Gasteiger partial charge in [-0.05, 0) is 32.6 Å². The topological polar surface area (TPSA) is 44.4 Å². The number of nitriles is 1. The Kier molecular flexibility index (Phi) is 5.40. The fraction of sp³-hybridized carbons (Fsp3) is 0.688. The van der Waals surface area contributed by atoms with Crippen LogP contribution in [0.4, 0.5) is 0 Å². The minimum Gasteiger partial charge on any atom is -0.380 e. The van der Waals surface area contributed by atoms with Crippen molar-refractivity contribution in [1.82, 2.24) is 14.4 Å². The van der Waals surface area contributed by atoms with Crippen LogP contribution in [-0.2, 0) is 18.3 Å². The molecule has 0 aliphatic carbocycles. The average Bonchev–Trinajstić information content (AvgIpc) is 2.61. The average molecular weight is 290 g/mol. The summed E-state index contributed by atoms with van der Waals surface area (Å²) in [6, 6.07) is 4.27. The molecule has 1 fully saturated rings. The first-order valence-electron chi connectivity index (χ1n) is 7.51. The van der Waals surface area contributed by atoms with Gasteiger partial charge < -0.3 is 14.2 Å². The fourth-order valence-corrected chi connectivity index (χ4v) is 2.99. The second-order valence-corrected chi connectivity index (χ2v) is 6.25. The molecule has 1 aliphatic heterocycles. The van der Waals surface area contributed by atoms with Crippen molar-refractivity contribution in [3.05, 3.63) is 23.0 Å². The zero-order valence-corrected chi connectivity index (χ0v) is 13.6. The molecule has 1 saturated heterocycles. The van der Waals surface area contributed by atoms with Gasteiger partial charge in [0.25, 0.3) is 0 Å². The van der Waals surface area contributed by atoms with Crippen molar-refractivity contribution in [3.63, 3.8) is 0 Å². The van der Waals surface area contributed by atoms with Crippen molar-refractivity contribution < 1.29 is 4.74 Å². The summed E-state index contributed by atoms with van der Waals surface area (Å²) in [7, 11) is 6.17. The molecule has 1 aromatic heterocycles. The highest BCUT2D eigenvalue weighted by atomic mass is 16.5. The van der Waals surface area contributed by atoms with Crippen molar-refractivity contribution in [3.8, 4) is 6.07 Å². The number of ether oxygens (including phenoxy) is 1. The van der Waals surface area contributed by atoms with E-state index < -0.39 is 0 Å². The van der Waals surface area contributed by atoms with E-state index >= 15 is 0 Å². The predicted octanol–water partition coefficient (Wildman–Crippen LogP) is 1.22. The molecule has 21 heavy (non-hydrogen) atoms. The summed E-state index contributed by atoms with van der Waals surface area (Å²) in [5.74, 6) is 0.543. The molecule has 1 aromatic rings. The first-order chi connectivity index (χ1) is 10.0. The quantitative estimate of drug-likeness (QED) is 0.836. The lowest BCUT2D eigenvalue weighted by Gasteiger charge is -2.25. The van der Waals surface area contributed by atoms with E-state index in [9.17, 15) is 0 Å². The van der Waals surface area contributed by atoms with Crippen molar-refractivity contribution in [1.29, 1.82) is 5.26 Å². The normalized spacial score (nSPS) is 20.5. The van der Waals surface area contributed by atoms with E-state index in [1.807, 2.05) is 17.7 Å². The molecule has 0 saturated carbocycles. The summed E-state index contributed by atoms with van der Waals surface area (Å²) in [6.07, 6.45) is 0. The number of hydrogen-bond donors (Lipinski definition) is 0. The van der Waals surface area contributed by atoms with E-state index in [1.165, 1.54) is 11.3 Å². The molecule has 0 bridgehead atoms. The van der Waals surface area contributed by atoms with Gasteiger partial charge in [-0.25, -0.2) is 0 Å². The van der Waals surface area contributed by atoms with Crippen LogP contribution >= 0.6 is 0 Å². The Hall–Kier alpha value is -1.35. The van der Waals surface area contributed by atoms with Gasteiger partial charge in [-0.1, -0.05) is 0 Å². The molecule has 0 amide bonds. The van der Waals surface area contributed by atoms with Crippen LogP contribution in [0.1, 0.15) is 17.0 Å². The monoisotopic (exact) mass is 290 g/mol. The molecule has 0 radical (unpaired) electrons. The molecule has 2 heterocycles. The second kappa shape index (κ2) is 7.08. The lowest BCUT2D eigenvalue weighted by Crippen LogP contribution is -2.34. The van der Waals surface area contributed by atoms with E-state index in [0.29, 0.717) is 5.92 Å². The first kappa shape index (κ1) is 16.0. The SMILES string of the molecule is Cc1c(CN2CCOC[C@H](CN(C)C)C2)cc(C#N)n1C. The van der Waals surface area contributed by atoms with E-state index in [0.717, 1.165) is 45.1 Å². The Labute approximate surface area is 127 Å². The van der Waals surface area contributed by atoms with E-state index in [1.54, 1.807) is 0 Å². The molecule has 1 atom stereocenters. The standard InChI is InChI=1S/C16H26N4O/c1-13-15(7-16(8-17)19(13)4)11-20-5-6-21-12-14(10-20)9-18(2)3/h7,14H,5-6,9-12H2,1-4H3/t14-/m1/s1. The Balaban J connectivity index is 2.05. The van der Waals surface area contributed by atoms with Gasteiger partial charge >= 0.3 is 0 Å². The number of hydrogen-bond acceptors (Lipinski definition) is 4. The molecule has 0 spiro atoms. The maximum atomic E-state index is 9.14. The van der Waals surface area contributed by atoms with Gasteiger partial charge in [0.15, 0.2) is 0 Å². The van der Waals surface area contributed by atoms with Crippen molar-refractivity contribution in [2.45, 2.75) is 13.5 Å². The number of rotatable bonds is 4. The maximum absolute atomic E-state index is 9.14. The fourth-order valence-electron chi connectivity index (χ4n) is 2.99. The highest BCUT2D eigenvalue weighted by molar-refractivity contribution is 5.34. The van der Waals surface area contributed by atoms with Crippen LogP contribution in [0.2, 0.25) is 0 Å². The lowest BCUT2D eigenvalue weighted by atomic mass is 10.1. The van der Waals surface area contributed by atoms with Crippen molar-refractivity contribution in [2.24, 2.45) is 13.0 Å². The van der Waals surface area contributed by atoms with Gasteiger partial charge in [-0.2, -0.15) is 5.26 Å². The summed E-state index contributed by atoms with van der Waals surface area (Å²) in [6.45, 7) is 7.67. The van der Waals surface area contributed by atoms with Gasteiger partial charge in [-0.15, -0.1) is 0 Å². The van der Waals surface area contributed by atoms with E-state index in [-0.39, 0.29) is 0 Å². The number of nitrogens with zero attached hydrogens (tertiary/aromatic N) is 4. The third-order valence-corrected chi connectivity index (χ3v) is 4.19. The maximum Gasteiger partial charge on any atom is 0.120 e. The minimum absolute atomic E-state index is 0.543. The van der Waals surface area contributed by atoms with Gasteiger partial charge in [0.2, 0.25) is 0 Å². The highest BCUT2D eigenvalue weighted by Gasteiger charge is 2.20. The summed E-state index contributed by atoms with van der Waals surface area (Å²) in [5.41, 5.74) is 3.17. The van der Waals surface area contributed by atoms with E-state index in [2.05, 4.69) is 36.9 Å². The molecule has 0 aromatic carbocycles. The first-order valence-corrected chi connectivity index (χ1v) is 7.51. The minimum atomic E-state index is 0.543. The lowest BCUT2D eigenvalue weighted by molar-refractivity contribution is 0.112. The van der Waals surface area contributed by atoms with Crippen molar-refractivity contribution >= 4 is 0 Å². The Morgan fingerprint density at radius 1 is 1.48 bits per heavy atom. The summed E-state index contributed by atoms with van der Waals surface area (Å²) < 4.78 is 7.70. The number of aromatic nitrogens is 1. The largest absolute Gasteiger partial charge is 0.380 e. The van der Waals surface area contributed by atoms with Gasteiger partial charge in [0.05, 0.1) is 13.2 Å². The van der Waals surface area contributed by atoms with Gasteiger partial charge in [-0.3, -0.25) is 4.90 Å². The molecule has 5 heteroatoms. The highest BCUT2D eigenvalue weighted by Crippen LogP contribution is 2.18. The van der Waals surface area contributed by atoms with Crippen LogP contribution in [0.15, 0.2) is 6.07 Å². The van der Waals surface area contributed by atoms with Crippen LogP contribution in [0.5, 0.6) is 0 Å². The smallest absolute Gasteiger partial charge is 0.120 e. The molecule has 5 nitrogen and oxygen atoms in total. The molecule has 2 rings (SSSR count). The molecule has 1 aliphatic rings. The molecule has 0 unspecified atom stereocenters. The van der Waals surface area contributed by atoms with Crippen LogP contribution in [0.25, 0.3) is 0 Å². The molecule has 0 N–H and O–H groups in total. The van der Waals surface area contributed by atoms with Crippen LogP contribution < -0.4 is 0 Å². The molecular weight excluding hydrogens is 264 g/mol. The van der Waals surface area contributed by atoms with Gasteiger partial charge in [0, 0.05) is 44.8 Å². The van der Waals surface area contributed by atoms with Crippen LogP contribution in [0, 0.1) is 24.2 Å². The Morgan fingerprint density at radius 2 is 2.24 bits per heavy atom. The third-order valence-electron chi connectivity index (χ3n) is 4.19. The predicted molar refractivity (Wildman–Crippen MR) is 83.0 cm³/mol. The third kappa shape index (κ3) is 4.07.